The molecule has 0 spiro atoms. The van der Waals surface area contributed by atoms with Crippen LogP contribution in [-0.2, 0) is 11.3 Å². The highest BCUT2D eigenvalue weighted by atomic mass is 16.4. The van der Waals surface area contributed by atoms with Crippen molar-refractivity contribution in [2.75, 3.05) is 18.8 Å². The molecule has 0 radical (unpaired) electrons. The Morgan fingerprint density at radius 3 is 2.72 bits per heavy atom. The number of anilines is 1. The smallest absolute Gasteiger partial charge is 0.306 e. The number of hydrogen-bond acceptors (Lipinski definition) is 3. The van der Waals surface area contributed by atoms with Gasteiger partial charge in [0.2, 0.25) is 0 Å². The van der Waals surface area contributed by atoms with Gasteiger partial charge in [-0.3, -0.25) is 9.69 Å². The van der Waals surface area contributed by atoms with Crippen molar-refractivity contribution < 1.29 is 9.90 Å². The van der Waals surface area contributed by atoms with Gasteiger partial charge in [-0.15, -0.1) is 0 Å². The van der Waals surface area contributed by atoms with Gasteiger partial charge in [0.05, 0.1) is 5.92 Å². The second kappa shape index (κ2) is 5.40. The maximum atomic E-state index is 10.9. The molecule has 0 atom stereocenters. The molecule has 4 nitrogen and oxygen atoms in total. The minimum atomic E-state index is -0.658. The number of carboxylic acid groups (broad SMARTS) is 1. The minimum Gasteiger partial charge on any atom is -0.481 e. The van der Waals surface area contributed by atoms with Crippen LogP contribution in [0.2, 0.25) is 0 Å². The summed E-state index contributed by atoms with van der Waals surface area (Å²) in [5.41, 5.74) is 9.07. The van der Waals surface area contributed by atoms with Gasteiger partial charge in [-0.2, -0.15) is 0 Å². The average Bonchev–Trinajstić information content (AvgIpc) is 2.34. The molecule has 1 saturated heterocycles. The summed E-state index contributed by atoms with van der Waals surface area (Å²) in [6.45, 7) is 4.65. The zero-order valence-electron chi connectivity index (χ0n) is 10.7. The summed E-state index contributed by atoms with van der Waals surface area (Å²) in [5.74, 6) is -0.821. The Bertz CT molecular complexity index is 437. The van der Waals surface area contributed by atoms with Crippen molar-refractivity contribution in [2.45, 2.75) is 26.3 Å². The predicted octanol–water partition coefficient (Wildman–Crippen LogP) is 1.87. The lowest BCUT2D eigenvalue weighted by atomic mass is 9.96. The van der Waals surface area contributed by atoms with Gasteiger partial charge in [-0.05, 0) is 56.1 Å². The van der Waals surface area contributed by atoms with Crippen LogP contribution in [0.5, 0.6) is 0 Å². The first-order valence-corrected chi connectivity index (χ1v) is 6.36. The Labute approximate surface area is 107 Å². The van der Waals surface area contributed by atoms with Gasteiger partial charge in [0.15, 0.2) is 0 Å². The zero-order chi connectivity index (χ0) is 13.1. The standard InChI is InChI=1S/C14H20N2O2/c1-10-2-3-13(15)8-12(10)9-16-6-4-11(5-7-16)14(17)18/h2-3,8,11H,4-7,9,15H2,1H3,(H,17,18). The SMILES string of the molecule is Cc1ccc(N)cc1CN1CCC(C(=O)O)CC1. The number of aliphatic carboxylic acids is 1. The highest BCUT2D eigenvalue weighted by molar-refractivity contribution is 5.70. The van der Waals surface area contributed by atoms with Gasteiger partial charge in [0.25, 0.3) is 0 Å². The van der Waals surface area contributed by atoms with Gasteiger partial charge in [0, 0.05) is 12.2 Å². The van der Waals surface area contributed by atoms with Gasteiger partial charge in [0.1, 0.15) is 0 Å². The van der Waals surface area contributed by atoms with Crippen molar-refractivity contribution in [3.05, 3.63) is 29.3 Å². The number of piperidine rings is 1. The van der Waals surface area contributed by atoms with Crippen molar-refractivity contribution >= 4 is 11.7 Å². The van der Waals surface area contributed by atoms with E-state index in [0.717, 1.165) is 38.2 Å². The van der Waals surface area contributed by atoms with Crippen LogP contribution in [0.25, 0.3) is 0 Å². The van der Waals surface area contributed by atoms with E-state index in [4.69, 9.17) is 10.8 Å². The summed E-state index contributed by atoms with van der Waals surface area (Å²) in [4.78, 5) is 13.2. The first kappa shape index (κ1) is 12.9. The maximum Gasteiger partial charge on any atom is 0.306 e. The van der Waals surface area contributed by atoms with E-state index >= 15 is 0 Å². The normalized spacial score (nSPS) is 17.8. The van der Waals surface area contributed by atoms with Crippen molar-refractivity contribution in [3.63, 3.8) is 0 Å². The number of nitrogens with two attached hydrogens (primary N) is 1. The van der Waals surface area contributed by atoms with Crippen LogP contribution in [-0.4, -0.2) is 29.1 Å². The largest absolute Gasteiger partial charge is 0.481 e. The number of aryl methyl sites for hydroxylation is 1. The first-order valence-electron chi connectivity index (χ1n) is 6.36. The highest BCUT2D eigenvalue weighted by Crippen LogP contribution is 2.21. The topological polar surface area (TPSA) is 66.6 Å². The second-order valence-corrected chi connectivity index (χ2v) is 5.07. The van der Waals surface area contributed by atoms with Gasteiger partial charge in [-0.1, -0.05) is 6.07 Å². The molecule has 1 fully saturated rings. The van der Waals surface area contributed by atoms with E-state index in [0.29, 0.717) is 0 Å². The van der Waals surface area contributed by atoms with Crippen molar-refractivity contribution in [1.82, 2.24) is 4.90 Å². The van der Waals surface area contributed by atoms with Gasteiger partial charge < -0.3 is 10.8 Å². The van der Waals surface area contributed by atoms with Crippen LogP contribution in [0.15, 0.2) is 18.2 Å². The van der Waals surface area contributed by atoms with Crippen LogP contribution in [0, 0.1) is 12.8 Å². The first-order chi connectivity index (χ1) is 8.56. The Kier molecular flexibility index (Phi) is 3.87. The van der Waals surface area contributed by atoms with Crippen molar-refractivity contribution in [2.24, 2.45) is 5.92 Å². The fourth-order valence-electron chi connectivity index (χ4n) is 2.44. The third-order valence-corrected chi connectivity index (χ3v) is 3.70. The molecule has 18 heavy (non-hydrogen) atoms. The molecular weight excluding hydrogens is 228 g/mol. The third-order valence-electron chi connectivity index (χ3n) is 3.70. The Morgan fingerprint density at radius 1 is 1.44 bits per heavy atom. The van der Waals surface area contributed by atoms with Crippen molar-refractivity contribution in [3.8, 4) is 0 Å². The van der Waals surface area contributed by atoms with E-state index in [1.54, 1.807) is 0 Å². The molecule has 3 N–H and O–H groups in total. The number of nitrogens with zero attached hydrogens (tertiary/aromatic N) is 1. The van der Waals surface area contributed by atoms with E-state index in [1.165, 1.54) is 11.1 Å². The van der Waals surface area contributed by atoms with E-state index < -0.39 is 5.97 Å². The molecule has 1 heterocycles. The molecule has 0 aliphatic carbocycles. The minimum absolute atomic E-state index is 0.164. The number of carboxylic acids is 1. The molecule has 0 aromatic heterocycles. The van der Waals surface area contributed by atoms with Crippen LogP contribution in [0.1, 0.15) is 24.0 Å². The van der Waals surface area contributed by atoms with Gasteiger partial charge >= 0.3 is 5.97 Å². The summed E-state index contributed by atoms with van der Waals surface area (Å²) >= 11 is 0. The fourth-order valence-corrected chi connectivity index (χ4v) is 2.44. The zero-order valence-corrected chi connectivity index (χ0v) is 10.7. The number of likely N-dealkylation sites (tertiary alicyclic amines) is 1. The van der Waals surface area contributed by atoms with Crippen LogP contribution >= 0.6 is 0 Å². The molecule has 4 heteroatoms. The second-order valence-electron chi connectivity index (χ2n) is 5.07. The number of rotatable bonds is 3. The summed E-state index contributed by atoms with van der Waals surface area (Å²) in [6.07, 6.45) is 1.49. The lowest BCUT2D eigenvalue weighted by molar-refractivity contribution is -0.143. The molecule has 0 saturated carbocycles. The molecule has 1 aliphatic rings. The van der Waals surface area contributed by atoms with E-state index in [9.17, 15) is 4.79 Å². The summed E-state index contributed by atoms with van der Waals surface area (Å²) < 4.78 is 0. The van der Waals surface area contributed by atoms with E-state index in [-0.39, 0.29) is 5.92 Å². The predicted molar refractivity (Wildman–Crippen MR) is 71.2 cm³/mol. The summed E-state index contributed by atoms with van der Waals surface area (Å²) in [5, 5.41) is 8.96. The molecule has 1 aromatic carbocycles. The number of nitrogen functional groups attached to an aromatic ring is 1. The lowest BCUT2D eigenvalue weighted by Crippen LogP contribution is -2.36. The molecule has 0 unspecified atom stereocenters. The third kappa shape index (κ3) is 3.01. The maximum absolute atomic E-state index is 10.9. The monoisotopic (exact) mass is 248 g/mol. The molecule has 98 valence electrons. The van der Waals surface area contributed by atoms with Crippen LogP contribution in [0.4, 0.5) is 5.69 Å². The van der Waals surface area contributed by atoms with Crippen LogP contribution in [0.3, 0.4) is 0 Å². The Hall–Kier alpha value is -1.55. The van der Waals surface area contributed by atoms with E-state index in [1.807, 2.05) is 18.2 Å². The average molecular weight is 248 g/mol. The molecule has 0 amide bonds. The molecule has 0 bridgehead atoms. The molecule has 2 rings (SSSR count). The highest BCUT2D eigenvalue weighted by Gasteiger charge is 2.24. The summed E-state index contributed by atoms with van der Waals surface area (Å²) in [7, 11) is 0. The number of carbonyl (C=O) groups is 1. The van der Waals surface area contributed by atoms with Crippen LogP contribution < -0.4 is 5.73 Å². The quantitative estimate of drug-likeness (QED) is 0.801. The van der Waals surface area contributed by atoms with Gasteiger partial charge in [-0.25, -0.2) is 0 Å². The molecule has 1 aliphatic heterocycles. The van der Waals surface area contributed by atoms with Crippen molar-refractivity contribution in [1.29, 1.82) is 0 Å². The number of hydrogen-bond donors (Lipinski definition) is 2. The molecular formula is C14H20N2O2. The lowest BCUT2D eigenvalue weighted by Gasteiger charge is -2.30. The van der Waals surface area contributed by atoms with E-state index in [2.05, 4.69) is 11.8 Å². The summed E-state index contributed by atoms with van der Waals surface area (Å²) in [6, 6.07) is 5.96. The molecule has 1 aromatic rings. The number of benzene rings is 1. The Morgan fingerprint density at radius 2 is 2.11 bits per heavy atom. The Balaban J connectivity index is 1.95. The fraction of sp³-hybridized carbons (Fsp3) is 0.500.